The average Bonchev–Trinajstić information content (AvgIpc) is 2.44. The fourth-order valence-corrected chi connectivity index (χ4v) is 2.59. The predicted molar refractivity (Wildman–Crippen MR) is 81.5 cm³/mol. The number of hydrogen-bond acceptors (Lipinski definition) is 3. The van der Waals surface area contributed by atoms with Gasteiger partial charge in [-0.25, -0.2) is 4.39 Å². The number of imide groups is 1. The van der Waals surface area contributed by atoms with E-state index in [1.807, 2.05) is 0 Å². The van der Waals surface area contributed by atoms with Gasteiger partial charge in [0.2, 0.25) is 17.7 Å². The third-order valence-electron chi connectivity index (χ3n) is 3.41. The van der Waals surface area contributed by atoms with Gasteiger partial charge in [0.1, 0.15) is 6.17 Å². The molecule has 3 amide bonds. The lowest BCUT2D eigenvalue weighted by Gasteiger charge is -2.20. The van der Waals surface area contributed by atoms with Crippen LogP contribution in [-0.4, -0.2) is 24.3 Å². The van der Waals surface area contributed by atoms with E-state index in [1.165, 1.54) is 0 Å². The van der Waals surface area contributed by atoms with Crippen LogP contribution in [0, 0.1) is 5.92 Å². The molecule has 0 bridgehead atoms. The number of amides is 3. The molecular weight excluding hydrogens is 355 g/mol. The normalized spacial score (nSPS) is 17.0. The highest BCUT2D eigenvalue weighted by Gasteiger charge is 2.26. The maximum absolute atomic E-state index is 14.0. The number of piperidine rings is 1. The van der Waals surface area contributed by atoms with Crippen molar-refractivity contribution in [2.45, 2.75) is 25.4 Å². The van der Waals surface area contributed by atoms with Crippen molar-refractivity contribution in [3.8, 4) is 0 Å². The summed E-state index contributed by atoms with van der Waals surface area (Å²) in [5.41, 5.74) is 0.482. The lowest BCUT2D eigenvalue weighted by Crippen LogP contribution is -2.40. The van der Waals surface area contributed by atoms with E-state index in [1.54, 1.807) is 24.3 Å². The highest BCUT2D eigenvalue weighted by atomic mass is 79.9. The lowest BCUT2D eigenvalue weighted by atomic mass is 9.93. The number of rotatable bonds is 5. The molecule has 0 aliphatic carbocycles. The van der Waals surface area contributed by atoms with E-state index in [9.17, 15) is 18.8 Å². The second kappa shape index (κ2) is 7.49. The van der Waals surface area contributed by atoms with Crippen LogP contribution in [-0.2, 0) is 14.4 Å². The Labute approximate surface area is 135 Å². The zero-order valence-electron chi connectivity index (χ0n) is 11.8. The first-order valence-corrected chi connectivity index (χ1v) is 7.72. The summed E-state index contributed by atoms with van der Waals surface area (Å²) in [7, 11) is 0. The zero-order chi connectivity index (χ0) is 16.1. The zero-order valence-corrected chi connectivity index (χ0v) is 13.4. The number of carbonyl (C=O) groups is 3. The number of alkyl halides is 1. The van der Waals surface area contributed by atoms with Crippen LogP contribution < -0.4 is 10.6 Å². The lowest BCUT2D eigenvalue weighted by molar-refractivity contribution is -0.135. The van der Waals surface area contributed by atoms with Gasteiger partial charge in [-0.2, -0.15) is 0 Å². The molecule has 1 fully saturated rings. The van der Waals surface area contributed by atoms with Crippen molar-refractivity contribution in [1.82, 2.24) is 10.6 Å². The average molecular weight is 371 g/mol. The third-order valence-corrected chi connectivity index (χ3v) is 3.94. The SMILES string of the molecule is O=C(CC1CC(=O)NC(=O)C1)NCC(F)c1ccc(Br)cc1. The van der Waals surface area contributed by atoms with Crippen molar-refractivity contribution in [1.29, 1.82) is 0 Å². The van der Waals surface area contributed by atoms with Gasteiger partial charge in [-0.3, -0.25) is 19.7 Å². The van der Waals surface area contributed by atoms with Gasteiger partial charge in [-0.15, -0.1) is 0 Å². The predicted octanol–water partition coefficient (Wildman–Crippen LogP) is 2.02. The second-order valence-electron chi connectivity index (χ2n) is 5.27. The van der Waals surface area contributed by atoms with Gasteiger partial charge >= 0.3 is 0 Å². The summed E-state index contributed by atoms with van der Waals surface area (Å²) in [6.07, 6.45) is -0.962. The maximum atomic E-state index is 14.0. The Hall–Kier alpha value is -1.76. The first-order chi connectivity index (χ1) is 10.4. The number of hydrogen-bond donors (Lipinski definition) is 2. The molecule has 2 N–H and O–H groups in total. The first kappa shape index (κ1) is 16.6. The van der Waals surface area contributed by atoms with Crippen molar-refractivity contribution >= 4 is 33.7 Å². The minimum absolute atomic E-state index is 0.0478. The summed E-state index contributed by atoms with van der Waals surface area (Å²) in [6.45, 7) is -0.132. The summed E-state index contributed by atoms with van der Waals surface area (Å²) >= 11 is 3.27. The Kier molecular flexibility index (Phi) is 5.65. The standard InChI is InChI=1S/C15H16BrFN2O3/c16-11-3-1-10(2-4-11)12(17)8-18-13(20)5-9-6-14(21)19-15(22)7-9/h1-4,9,12H,5-8H2,(H,18,20)(H,19,21,22). The second-order valence-corrected chi connectivity index (χ2v) is 6.19. The van der Waals surface area contributed by atoms with Gasteiger partial charge in [-0.1, -0.05) is 28.1 Å². The van der Waals surface area contributed by atoms with Crippen LogP contribution in [0.5, 0.6) is 0 Å². The molecular formula is C15H16BrFN2O3. The fraction of sp³-hybridized carbons (Fsp3) is 0.400. The molecule has 1 saturated heterocycles. The fourth-order valence-electron chi connectivity index (χ4n) is 2.33. The van der Waals surface area contributed by atoms with Gasteiger partial charge < -0.3 is 5.32 Å². The largest absolute Gasteiger partial charge is 0.353 e. The molecule has 1 aromatic rings. The smallest absolute Gasteiger partial charge is 0.226 e. The molecule has 2 rings (SSSR count). The van der Waals surface area contributed by atoms with Crippen LogP contribution in [0.15, 0.2) is 28.7 Å². The first-order valence-electron chi connectivity index (χ1n) is 6.93. The molecule has 1 aliphatic heterocycles. The van der Waals surface area contributed by atoms with E-state index in [-0.39, 0.29) is 49.4 Å². The number of nitrogens with one attached hydrogen (secondary N) is 2. The van der Waals surface area contributed by atoms with Crippen molar-refractivity contribution in [2.75, 3.05) is 6.54 Å². The Bertz CT molecular complexity index is 561. The molecule has 1 atom stereocenters. The van der Waals surface area contributed by atoms with Gasteiger partial charge in [0.15, 0.2) is 0 Å². The Morgan fingerprint density at radius 1 is 1.27 bits per heavy atom. The molecule has 0 aromatic heterocycles. The molecule has 1 heterocycles. The van der Waals surface area contributed by atoms with E-state index in [0.29, 0.717) is 5.56 Å². The highest BCUT2D eigenvalue weighted by molar-refractivity contribution is 9.10. The number of halogens is 2. The van der Waals surface area contributed by atoms with Gasteiger partial charge in [0.05, 0.1) is 6.54 Å². The van der Waals surface area contributed by atoms with Crippen LogP contribution in [0.25, 0.3) is 0 Å². The molecule has 0 spiro atoms. The molecule has 1 aromatic carbocycles. The van der Waals surface area contributed by atoms with Crippen LogP contribution in [0.4, 0.5) is 4.39 Å². The number of carbonyl (C=O) groups excluding carboxylic acids is 3. The molecule has 5 nitrogen and oxygen atoms in total. The van der Waals surface area contributed by atoms with Crippen molar-refractivity contribution in [2.24, 2.45) is 5.92 Å². The van der Waals surface area contributed by atoms with Crippen LogP contribution in [0.1, 0.15) is 31.0 Å². The van der Waals surface area contributed by atoms with E-state index >= 15 is 0 Å². The third kappa shape index (κ3) is 4.91. The highest BCUT2D eigenvalue weighted by Crippen LogP contribution is 2.20. The number of benzene rings is 1. The quantitative estimate of drug-likeness (QED) is 0.778. The van der Waals surface area contributed by atoms with Gasteiger partial charge in [-0.05, 0) is 23.6 Å². The van der Waals surface area contributed by atoms with Crippen molar-refractivity contribution in [3.63, 3.8) is 0 Å². The minimum Gasteiger partial charge on any atom is -0.353 e. The molecule has 118 valence electrons. The van der Waals surface area contributed by atoms with Crippen molar-refractivity contribution in [3.05, 3.63) is 34.3 Å². The monoisotopic (exact) mass is 370 g/mol. The Balaban J connectivity index is 1.78. The van der Waals surface area contributed by atoms with E-state index in [0.717, 1.165) is 4.47 Å². The van der Waals surface area contributed by atoms with E-state index in [4.69, 9.17) is 0 Å². The summed E-state index contributed by atoms with van der Waals surface area (Å²) in [4.78, 5) is 34.2. The maximum Gasteiger partial charge on any atom is 0.226 e. The summed E-state index contributed by atoms with van der Waals surface area (Å²) in [6, 6.07) is 6.75. The molecule has 1 unspecified atom stereocenters. The molecule has 7 heteroatoms. The van der Waals surface area contributed by atoms with Crippen molar-refractivity contribution < 1.29 is 18.8 Å². The molecule has 0 saturated carbocycles. The molecule has 22 heavy (non-hydrogen) atoms. The molecule has 1 aliphatic rings. The Morgan fingerprint density at radius 2 is 1.86 bits per heavy atom. The van der Waals surface area contributed by atoms with Crippen LogP contribution in [0.3, 0.4) is 0 Å². The summed E-state index contributed by atoms with van der Waals surface area (Å²) in [5, 5.41) is 4.69. The Morgan fingerprint density at radius 3 is 2.45 bits per heavy atom. The minimum atomic E-state index is -1.30. The van der Waals surface area contributed by atoms with E-state index in [2.05, 4.69) is 26.6 Å². The summed E-state index contributed by atoms with van der Waals surface area (Å²) < 4.78 is 14.8. The van der Waals surface area contributed by atoms with Crippen LogP contribution >= 0.6 is 15.9 Å². The van der Waals surface area contributed by atoms with Crippen LogP contribution in [0.2, 0.25) is 0 Å². The van der Waals surface area contributed by atoms with E-state index < -0.39 is 6.17 Å². The van der Waals surface area contributed by atoms with Gasteiger partial charge in [0.25, 0.3) is 0 Å². The summed E-state index contributed by atoms with van der Waals surface area (Å²) in [5.74, 6) is -1.40. The molecule has 0 radical (unpaired) electrons. The van der Waals surface area contributed by atoms with Gasteiger partial charge in [0, 0.05) is 23.7 Å². The topological polar surface area (TPSA) is 75.3 Å².